The van der Waals surface area contributed by atoms with Crippen LogP contribution in [-0.2, 0) is 0 Å². The normalized spacial score (nSPS) is 13.0. The largest absolute Gasteiger partial charge is 0.364 e. The Morgan fingerprint density at radius 2 is 2.14 bits per heavy atom. The second kappa shape index (κ2) is 5.61. The standard InChI is InChI=1S/C8H9NS.C6H6N4O/c1-9-6-10-8-5-3-2-4-7(8)9;1-4-2-5(11)10-6(9-4)7-3-8-10/h2-5H,6H2,1H3;2-3H,1H3,(H,7,8,9). The number of fused-ring (bicyclic) bond motifs is 2. The van der Waals surface area contributed by atoms with Crippen LogP contribution < -0.4 is 10.5 Å². The van der Waals surface area contributed by atoms with Gasteiger partial charge in [0.05, 0.1) is 11.6 Å². The van der Waals surface area contributed by atoms with Crippen LogP contribution in [-0.4, -0.2) is 32.5 Å². The number of anilines is 1. The molecular weight excluding hydrogens is 286 g/mol. The number of aromatic amines is 1. The van der Waals surface area contributed by atoms with Gasteiger partial charge in [-0.25, -0.2) is 9.97 Å². The van der Waals surface area contributed by atoms with E-state index in [1.807, 2.05) is 11.8 Å². The molecule has 7 heteroatoms. The van der Waals surface area contributed by atoms with Crippen molar-refractivity contribution in [2.75, 3.05) is 17.8 Å². The van der Waals surface area contributed by atoms with E-state index in [9.17, 15) is 4.79 Å². The molecule has 0 saturated carbocycles. The van der Waals surface area contributed by atoms with Crippen LogP contribution in [0.4, 0.5) is 5.69 Å². The third kappa shape index (κ3) is 2.78. The van der Waals surface area contributed by atoms with Crippen molar-refractivity contribution in [1.82, 2.24) is 19.6 Å². The Morgan fingerprint density at radius 3 is 2.95 bits per heavy atom. The second-order valence-corrected chi connectivity index (χ2v) is 5.68. The molecule has 108 valence electrons. The van der Waals surface area contributed by atoms with Crippen molar-refractivity contribution in [3.63, 3.8) is 0 Å². The van der Waals surface area contributed by atoms with Gasteiger partial charge in [-0.05, 0) is 19.1 Å². The van der Waals surface area contributed by atoms with E-state index in [-0.39, 0.29) is 5.56 Å². The zero-order chi connectivity index (χ0) is 14.8. The lowest BCUT2D eigenvalue weighted by molar-refractivity contribution is 0.889. The van der Waals surface area contributed by atoms with Gasteiger partial charge < -0.3 is 4.90 Å². The molecule has 0 spiro atoms. The molecule has 0 unspecified atom stereocenters. The van der Waals surface area contributed by atoms with Crippen molar-refractivity contribution in [3.05, 3.63) is 52.7 Å². The smallest absolute Gasteiger partial charge is 0.274 e. The van der Waals surface area contributed by atoms with Gasteiger partial charge in [-0.15, -0.1) is 11.8 Å². The van der Waals surface area contributed by atoms with Crippen LogP contribution in [0.1, 0.15) is 5.69 Å². The lowest BCUT2D eigenvalue weighted by Crippen LogP contribution is -2.14. The van der Waals surface area contributed by atoms with Gasteiger partial charge in [0, 0.05) is 23.7 Å². The first-order valence-electron chi connectivity index (χ1n) is 6.48. The summed E-state index contributed by atoms with van der Waals surface area (Å²) in [5.74, 6) is 1.51. The van der Waals surface area contributed by atoms with Gasteiger partial charge >= 0.3 is 0 Å². The molecule has 0 fully saturated rings. The molecule has 3 aromatic rings. The minimum absolute atomic E-state index is 0.134. The van der Waals surface area contributed by atoms with Crippen molar-refractivity contribution in [1.29, 1.82) is 0 Å². The lowest BCUT2D eigenvalue weighted by atomic mass is 10.3. The first-order valence-corrected chi connectivity index (χ1v) is 7.46. The molecule has 1 N–H and O–H groups in total. The number of hydrogen-bond donors (Lipinski definition) is 1. The highest BCUT2D eigenvalue weighted by Gasteiger charge is 2.13. The van der Waals surface area contributed by atoms with Crippen molar-refractivity contribution in [2.45, 2.75) is 11.8 Å². The molecule has 4 rings (SSSR count). The van der Waals surface area contributed by atoms with E-state index in [1.54, 1.807) is 6.92 Å². The lowest BCUT2D eigenvalue weighted by Gasteiger charge is -2.08. The van der Waals surface area contributed by atoms with Gasteiger partial charge in [0.1, 0.15) is 6.33 Å². The second-order valence-electron chi connectivity index (χ2n) is 4.70. The maximum atomic E-state index is 11.1. The highest BCUT2D eigenvalue weighted by molar-refractivity contribution is 7.99. The third-order valence-electron chi connectivity index (χ3n) is 3.09. The number of nitrogens with one attached hydrogen (secondary N) is 1. The Morgan fingerprint density at radius 1 is 1.33 bits per heavy atom. The van der Waals surface area contributed by atoms with Gasteiger partial charge in [-0.3, -0.25) is 9.89 Å². The summed E-state index contributed by atoms with van der Waals surface area (Å²) in [6.45, 7) is 1.76. The summed E-state index contributed by atoms with van der Waals surface area (Å²) in [5, 5.41) is 2.65. The molecule has 21 heavy (non-hydrogen) atoms. The Labute approximate surface area is 125 Å². The van der Waals surface area contributed by atoms with Gasteiger partial charge in [-0.1, -0.05) is 12.1 Å². The van der Waals surface area contributed by atoms with Crippen LogP contribution in [0.15, 0.2) is 46.3 Å². The van der Waals surface area contributed by atoms with E-state index in [2.05, 4.69) is 51.3 Å². The highest BCUT2D eigenvalue weighted by Crippen LogP contribution is 2.36. The van der Waals surface area contributed by atoms with Crippen molar-refractivity contribution in [2.24, 2.45) is 0 Å². The number of nitrogens with zero attached hydrogens (tertiary/aromatic N) is 4. The van der Waals surface area contributed by atoms with Crippen LogP contribution in [0.3, 0.4) is 0 Å². The molecule has 1 aromatic carbocycles. The first kappa shape index (κ1) is 13.7. The van der Waals surface area contributed by atoms with Crippen molar-refractivity contribution >= 4 is 23.2 Å². The van der Waals surface area contributed by atoms with E-state index in [4.69, 9.17) is 0 Å². The fourth-order valence-corrected chi connectivity index (χ4v) is 3.08. The fourth-order valence-electron chi connectivity index (χ4n) is 2.06. The maximum Gasteiger partial charge on any atom is 0.274 e. The van der Waals surface area contributed by atoms with Gasteiger partial charge in [0.15, 0.2) is 0 Å². The highest BCUT2D eigenvalue weighted by atomic mass is 32.2. The maximum absolute atomic E-state index is 11.1. The molecule has 1 aliphatic rings. The van der Waals surface area contributed by atoms with Crippen LogP contribution in [0.25, 0.3) is 5.78 Å². The summed E-state index contributed by atoms with van der Waals surface area (Å²) < 4.78 is 1.28. The zero-order valence-electron chi connectivity index (χ0n) is 11.8. The Balaban J connectivity index is 0.000000126. The zero-order valence-corrected chi connectivity index (χ0v) is 12.6. The van der Waals surface area contributed by atoms with E-state index in [0.717, 1.165) is 5.88 Å². The van der Waals surface area contributed by atoms with Gasteiger partial charge in [0.2, 0.25) is 0 Å². The van der Waals surface area contributed by atoms with Crippen molar-refractivity contribution < 1.29 is 0 Å². The van der Waals surface area contributed by atoms with E-state index < -0.39 is 0 Å². The van der Waals surface area contributed by atoms with Crippen LogP contribution in [0.2, 0.25) is 0 Å². The van der Waals surface area contributed by atoms with Gasteiger partial charge in [0.25, 0.3) is 11.3 Å². The summed E-state index contributed by atoms with van der Waals surface area (Å²) >= 11 is 1.90. The molecular formula is C14H15N5OS. The summed E-state index contributed by atoms with van der Waals surface area (Å²) in [4.78, 5) is 22.6. The molecule has 1 aliphatic heterocycles. The summed E-state index contributed by atoms with van der Waals surface area (Å²) in [7, 11) is 2.12. The number of para-hydroxylation sites is 1. The van der Waals surface area contributed by atoms with Crippen LogP contribution >= 0.6 is 11.8 Å². The molecule has 0 bridgehead atoms. The van der Waals surface area contributed by atoms with E-state index in [0.29, 0.717) is 11.5 Å². The van der Waals surface area contributed by atoms with Gasteiger partial charge in [-0.2, -0.15) is 4.52 Å². The molecule has 3 heterocycles. The molecule has 6 nitrogen and oxygen atoms in total. The summed E-state index contributed by atoms with van der Waals surface area (Å²) in [6, 6.07) is 9.95. The average Bonchev–Trinajstić information content (AvgIpc) is 3.07. The number of H-pyrrole nitrogens is 1. The SMILES string of the molecule is CN1CSc2ccccc21.Cc1cc(=O)n2[nH]cnc2n1. The fraction of sp³-hybridized carbons (Fsp3) is 0.214. The molecule has 2 aromatic heterocycles. The number of benzene rings is 1. The minimum atomic E-state index is -0.134. The predicted octanol–water partition coefficient (Wildman–Crippen LogP) is 1.91. The monoisotopic (exact) mass is 301 g/mol. The Bertz CT molecular complexity index is 825. The minimum Gasteiger partial charge on any atom is -0.364 e. The Kier molecular flexibility index (Phi) is 3.66. The van der Waals surface area contributed by atoms with E-state index >= 15 is 0 Å². The number of thioether (sulfide) groups is 1. The summed E-state index contributed by atoms with van der Waals surface area (Å²) in [6.07, 6.45) is 1.43. The molecule has 0 saturated heterocycles. The first-order chi connectivity index (χ1) is 10.1. The third-order valence-corrected chi connectivity index (χ3v) is 4.26. The van der Waals surface area contributed by atoms with Crippen LogP contribution in [0.5, 0.6) is 0 Å². The predicted molar refractivity (Wildman–Crippen MR) is 83.9 cm³/mol. The molecule has 0 amide bonds. The molecule has 0 atom stereocenters. The Hall–Kier alpha value is -2.28. The quantitative estimate of drug-likeness (QED) is 0.687. The summed E-state index contributed by atoms with van der Waals surface area (Å²) in [5.41, 5.74) is 1.92. The average molecular weight is 301 g/mol. The number of rotatable bonds is 0. The topological polar surface area (TPSA) is 66.3 Å². The van der Waals surface area contributed by atoms with Crippen molar-refractivity contribution in [3.8, 4) is 0 Å². The van der Waals surface area contributed by atoms with Crippen LogP contribution in [0, 0.1) is 6.92 Å². The molecule has 0 aliphatic carbocycles. The number of aryl methyl sites for hydroxylation is 1. The molecule has 0 radical (unpaired) electrons. The van der Waals surface area contributed by atoms with E-state index in [1.165, 1.54) is 27.5 Å². The number of aromatic nitrogens is 4. The number of hydrogen-bond acceptors (Lipinski definition) is 5.